The molecule has 1 aliphatic carbocycles. The largest absolute Gasteiger partial charge is 0.315 e. The Labute approximate surface area is 133 Å². The average Bonchev–Trinajstić information content (AvgIpc) is 3.24. The third-order valence-electron chi connectivity index (χ3n) is 5.67. The Balaban J connectivity index is 1.78. The van der Waals surface area contributed by atoms with Crippen molar-refractivity contribution < 1.29 is 0 Å². The first-order chi connectivity index (χ1) is 10.3. The highest BCUT2D eigenvalue weighted by atomic mass is 32.1. The molecular formula is C18H30N2S. The lowest BCUT2D eigenvalue weighted by Crippen LogP contribution is -2.59. The van der Waals surface area contributed by atoms with Crippen LogP contribution in [0.1, 0.15) is 55.2 Å². The number of thiophene rings is 1. The summed E-state index contributed by atoms with van der Waals surface area (Å²) in [6.45, 7) is 4.90. The summed E-state index contributed by atoms with van der Waals surface area (Å²) in [6.07, 6.45) is 10.8. The number of hydrogen-bond donors (Lipinski definition) is 1. The zero-order valence-electron chi connectivity index (χ0n) is 13.7. The van der Waals surface area contributed by atoms with Crippen molar-refractivity contribution in [3.63, 3.8) is 0 Å². The third-order valence-corrected chi connectivity index (χ3v) is 6.93. The van der Waals surface area contributed by atoms with Crippen LogP contribution in [0, 0.1) is 0 Å². The summed E-state index contributed by atoms with van der Waals surface area (Å²) in [7, 11) is 2.18. The second-order valence-electron chi connectivity index (χ2n) is 6.77. The fraction of sp³-hybridized carbons (Fsp3) is 0.778. The number of likely N-dealkylation sites (tertiary alicyclic amines) is 1. The summed E-state index contributed by atoms with van der Waals surface area (Å²) in [5.74, 6) is 0. The third kappa shape index (κ3) is 3.06. The summed E-state index contributed by atoms with van der Waals surface area (Å²) < 4.78 is 0. The molecule has 21 heavy (non-hydrogen) atoms. The summed E-state index contributed by atoms with van der Waals surface area (Å²) in [5.41, 5.74) is 0.432. The lowest BCUT2D eigenvalue weighted by atomic mass is 9.84. The molecule has 1 aliphatic heterocycles. The molecule has 2 nitrogen and oxygen atoms in total. The topological polar surface area (TPSA) is 15.3 Å². The lowest BCUT2D eigenvalue weighted by molar-refractivity contribution is 0.0801. The van der Waals surface area contributed by atoms with Crippen molar-refractivity contribution in [1.82, 2.24) is 10.2 Å². The molecule has 118 valence electrons. The molecule has 1 N–H and O–H groups in total. The van der Waals surface area contributed by atoms with Gasteiger partial charge in [-0.3, -0.25) is 4.90 Å². The Hall–Kier alpha value is -0.380. The van der Waals surface area contributed by atoms with Gasteiger partial charge in [-0.25, -0.2) is 0 Å². The smallest absolute Gasteiger partial charge is 0.0365 e. The Bertz CT molecular complexity index is 442. The molecule has 2 heterocycles. The number of aryl methyl sites for hydroxylation is 1. The van der Waals surface area contributed by atoms with Crippen LogP contribution in [0.2, 0.25) is 0 Å². The molecule has 0 radical (unpaired) electrons. The summed E-state index contributed by atoms with van der Waals surface area (Å²) in [6, 6.07) is 5.30. The van der Waals surface area contributed by atoms with Gasteiger partial charge in [0, 0.05) is 21.3 Å². The molecule has 2 fully saturated rings. The maximum absolute atomic E-state index is 3.70. The molecule has 0 bridgehead atoms. The first-order valence-corrected chi connectivity index (χ1v) is 9.60. The van der Waals surface area contributed by atoms with E-state index in [4.69, 9.17) is 0 Å². The van der Waals surface area contributed by atoms with E-state index in [9.17, 15) is 0 Å². The van der Waals surface area contributed by atoms with E-state index in [1.54, 1.807) is 4.88 Å². The van der Waals surface area contributed by atoms with Crippen LogP contribution in [0.3, 0.4) is 0 Å². The van der Waals surface area contributed by atoms with Gasteiger partial charge in [-0.2, -0.15) is 0 Å². The van der Waals surface area contributed by atoms with Gasteiger partial charge in [-0.05, 0) is 70.8 Å². The Morgan fingerprint density at radius 1 is 1.14 bits per heavy atom. The number of hydrogen-bond acceptors (Lipinski definition) is 3. The summed E-state index contributed by atoms with van der Waals surface area (Å²) >= 11 is 2.02. The van der Waals surface area contributed by atoms with Gasteiger partial charge in [0.2, 0.25) is 0 Å². The Kier molecular flexibility index (Phi) is 5.03. The highest BCUT2D eigenvalue weighted by Gasteiger charge is 2.45. The lowest BCUT2D eigenvalue weighted by Gasteiger charge is -2.45. The molecular weight excluding hydrogens is 276 g/mol. The van der Waals surface area contributed by atoms with E-state index < -0.39 is 0 Å². The van der Waals surface area contributed by atoms with E-state index in [0.717, 1.165) is 0 Å². The average molecular weight is 307 g/mol. The highest BCUT2D eigenvalue weighted by Crippen LogP contribution is 2.41. The molecule has 0 aromatic carbocycles. The standard InChI is InChI=1S/C18H30N2S/c1-3-15-8-9-16(21-15)14-17(19-2)18(10-4-5-11-18)20-12-6-7-13-20/h8-9,17,19H,3-7,10-14H2,1-2H3. The van der Waals surface area contributed by atoms with Gasteiger partial charge in [-0.15, -0.1) is 11.3 Å². The zero-order valence-corrected chi connectivity index (χ0v) is 14.5. The van der Waals surface area contributed by atoms with Crippen LogP contribution in [0.5, 0.6) is 0 Å². The SMILES string of the molecule is CCc1ccc(CC(NC)C2(N3CCCC3)CCCC2)s1. The van der Waals surface area contributed by atoms with E-state index >= 15 is 0 Å². The second-order valence-corrected chi connectivity index (χ2v) is 8.02. The molecule has 1 aromatic rings. The first-order valence-electron chi connectivity index (χ1n) is 8.78. The van der Waals surface area contributed by atoms with Gasteiger partial charge in [0.25, 0.3) is 0 Å². The summed E-state index contributed by atoms with van der Waals surface area (Å²) in [5, 5.41) is 3.70. The van der Waals surface area contributed by atoms with E-state index in [2.05, 4.69) is 36.3 Å². The van der Waals surface area contributed by atoms with Gasteiger partial charge in [0.1, 0.15) is 0 Å². The van der Waals surface area contributed by atoms with E-state index in [1.807, 2.05) is 11.3 Å². The minimum atomic E-state index is 0.432. The fourth-order valence-corrected chi connectivity index (χ4v) is 5.52. The van der Waals surface area contributed by atoms with Crippen LogP contribution < -0.4 is 5.32 Å². The van der Waals surface area contributed by atoms with Crippen LogP contribution in [0.15, 0.2) is 12.1 Å². The van der Waals surface area contributed by atoms with Crippen molar-refractivity contribution in [2.24, 2.45) is 0 Å². The highest BCUT2D eigenvalue weighted by molar-refractivity contribution is 7.11. The minimum Gasteiger partial charge on any atom is -0.315 e. The van der Waals surface area contributed by atoms with Crippen molar-refractivity contribution >= 4 is 11.3 Å². The molecule has 2 aliphatic rings. The molecule has 1 aromatic heterocycles. The monoisotopic (exact) mass is 306 g/mol. The first kappa shape index (κ1) is 15.5. The van der Waals surface area contributed by atoms with Crippen molar-refractivity contribution in [1.29, 1.82) is 0 Å². The number of rotatable bonds is 6. The maximum Gasteiger partial charge on any atom is 0.0365 e. The van der Waals surface area contributed by atoms with Gasteiger partial charge in [0.15, 0.2) is 0 Å². The maximum atomic E-state index is 3.70. The van der Waals surface area contributed by atoms with Crippen molar-refractivity contribution in [2.45, 2.75) is 69.9 Å². The van der Waals surface area contributed by atoms with Crippen LogP contribution in [-0.4, -0.2) is 36.6 Å². The normalized spacial score (nSPS) is 23.7. The van der Waals surface area contributed by atoms with E-state index in [-0.39, 0.29) is 0 Å². The van der Waals surface area contributed by atoms with E-state index in [0.29, 0.717) is 11.6 Å². The summed E-state index contributed by atoms with van der Waals surface area (Å²) in [4.78, 5) is 5.92. The Morgan fingerprint density at radius 2 is 1.81 bits per heavy atom. The fourth-order valence-electron chi connectivity index (χ4n) is 4.52. The van der Waals surface area contributed by atoms with Crippen LogP contribution >= 0.6 is 11.3 Å². The van der Waals surface area contributed by atoms with Crippen molar-refractivity contribution in [3.05, 3.63) is 21.9 Å². The van der Waals surface area contributed by atoms with Crippen molar-refractivity contribution in [3.8, 4) is 0 Å². The van der Waals surface area contributed by atoms with Gasteiger partial charge >= 0.3 is 0 Å². The molecule has 1 saturated carbocycles. The number of nitrogens with zero attached hydrogens (tertiary/aromatic N) is 1. The minimum absolute atomic E-state index is 0.432. The molecule has 0 amide bonds. The van der Waals surface area contributed by atoms with Crippen molar-refractivity contribution in [2.75, 3.05) is 20.1 Å². The second kappa shape index (κ2) is 6.80. The predicted molar refractivity (Wildman–Crippen MR) is 92.3 cm³/mol. The van der Waals surface area contributed by atoms with Gasteiger partial charge in [0.05, 0.1) is 0 Å². The molecule has 0 spiro atoms. The molecule has 1 atom stereocenters. The molecule has 3 heteroatoms. The zero-order chi connectivity index (χ0) is 14.7. The molecule has 1 unspecified atom stereocenters. The van der Waals surface area contributed by atoms with Gasteiger partial charge in [-0.1, -0.05) is 19.8 Å². The van der Waals surface area contributed by atoms with Crippen LogP contribution in [0.25, 0.3) is 0 Å². The van der Waals surface area contributed by atoms with Crippen LogP contribution in [-0.2, 0) is 12.8 Å². The van der Waals surface area contributed by atoms with E-state index in [1.165, 1.54) is 69.3 Å². The van der Waals surface area contributed by atoms with Gasteiger partial charge < -0.3 is 5.32 Å². The number of nitrogens with one attached hydrogen (secondary N) is 1. The predicted octanol–water partition coefficient (Wildman–Crippen LogP) is 3.85. The Morgan fingerprint density at radius 3 is 2.38 bits per heavy atom. The van der Waals surface area contributed by atoms with Crippen LogP contribution in [0.4, 0.5) is 0 Å². The quantitative estimate of drug-likeness (QED) is 0.859. The molecule has 3 rings (SSSR count). The molecule has 1 saturated heterocycles. The number of likely N-dealkylation sites (N-methyl/N-ethyl adjacent to an activating group) is 1.